The lowest BCUT2D eigenvalue weighted by molar-refractivity contribution is -0.116. The van der Waals surface area contributed by atoms with Crippen LogP contribution in [-0.4, -0.2) is 21.2 Å². The second-order valence-corrected chi connectivity index (χ2v) is 7.41. The number of amides is 1. The van der Waals surface area contributed by atoms with E-state index in [1.807, 2.05) is 31.2 Å². The fourth-order valence-corrected chi connectivity index (χ4v) is 3.93. The number of fused-ring (bicyclic) bond motifs is 1. The van der Waals surface area contributed by atoms with Crippen LogP contribution in [0.4, 0.5) is 5.69 Å². The molecule has 5 nitrogen and oxygen atoms in total. The average molecular weight is 394 g/mol. The Morgan fingerprint density at radius 1 is 1.39 bits per heavy atom. The largest absolute Gasteiger partial charge is 0.326 e. The Morgan fingerprint density at radius 2 is 2.09 bits per heavy atom. The Kier molecular flexibility index (Phi) is 4.59. The van der Waals surface area contributed by atoms with Gasteiger partial charge in [-0.05, 0) is 38.1 Å². The number of nitrogens with zero attached hydrogens (tertiary/aromatic N) is 2. The first-order valence-electron chi connectivity index (χ1n) is 7.23. The van der Waals surface area contributed by atoms with E-state index in [0.717, 1.165) is 15.9 Å². The van der Waals surface area contributed by atoms with E-state index in [1.54, 1.807) is 11.5 Å². The van der Waals surface area contributed by atoms with Gasteiger partial charge >= 0.3 is 0 Å². The number of anilines is 1. The first kappa shape index (κ1) is 16.3. The summed E-state index contributed by atoms with van der Waals surface area (Å²) >= 11 is 4.89. The maximum Gasteiger partial charge on any atom is 0.257 e. The van der Waals surface area contributed by atoms with Crippen LogP contribution in [0.1, 0.15) is 23.7 Å². The van der Waals surface area contributed by atoms with Gasteiger partial charge in [-0.2, -0.15) is 0 Å². The molecule has 1 aromatic heterocycles. The van der Waals surface area contributed by atoms with Crippen molar-refractivity contribution < 1.29 is 4.79 Å². The highest BCUT2D eigenvalue weighted by Gasteiger charge is 2.28. The van der Waals surface area contributed by atoms with Gasteiger partial charge in [-0.3, -0.25) is 14.2 Å². The van der Waals surface area contributed by atoms with Crippen molar-refractivity contribution in [3.8, 4) is 0 Å². The summed E-state index contributed by atoms with van der Waals surface area (Å²) in [4.78, 5) is 29.2. The van der Waals surface area contributed by atoms with Crippen LogP contribution in [-0.2, 0) is 4.79 Å². The molecular weight excluding hydrogens is 378 g/mol. The van der Waals surface area contributed by atoms with E-state index in [-0.39, 0.29) is 23.9 Å². The van der Waals surface area contributed by atoms with Crippen molar-refractivity contribution in [2.45, 2.75) is 31.5 Å². The van der Waals surface area contributed by atoms with E-state index in [1.165, 1.54) is 11.8 Å². The van der Waals surface area contributed by atoms with Crippen molar-refractivity contribution in [2.24, 2.45) is 0 Å². The molecule has 0 radical (unpaired) electrons. The summed E-state index contributed by atoms with van der Waals surface area (Å²) in [7, 11) is 0. The third-order valence-corrected chi connectivity index (χ3v) is 5.50. The number of halogens is 1. The molecule has 0 fully saturated rings. The minimum absolute atomic E-state index is 0.0426. The van der Waals surface area contributed by atoms with Crippen LogP contribution in [0.25, 0.3) is 0 Å². The third kappa shape index (κ3) is 3.35. The molecule has 3 rings (SSSR count). The molecule has 1 aliphatic heterocycles. The van der Waals surface area contributed by atoms with Gasteiger partial charge in [-0.25, -0.2) is 4.98 Å². The van der Waals surface area contributed by atoms with Gasteiger partial charge in [0.05, 0.1) is 6.04 Å². The fraction of sp³-hybridized carbons (Fsp3) is 0.312. The van der Waals surface area contributed by atoms with E-state index in [4.69, 9.17) is 0 Å². The zero-order valence-corrected chi connectivity index (χ0v) is 15.2. The molecule has 1 aromatic carbocycles. The third-order valence-electron chi connectivity index (χ3n) is 3.87. The van der Waals surface area contributed by atoms with Gasteiger partial charge in [0, 0.05) is 33.6 Å². The van der Waals surface area contributed by atoms with Gasteiger partial charge in [-0.1, -0.05) is 27.7 Å². The summed E-state index contributed by atoms with van der Waals surface area (Å²) in [6.07, 6.45) is 0.264. The van der Waals surface area contributed by atoms with Gasteiger partial charge in [-0.15, -0.1) is 0 Å². The highest BCUT2D eigenvalue weighted by Crippen LogP contribution is 2.32. The Hall–Kier alpha value is -1.60. The fourth-order valence-electron chi connectivity index (χ4n) is 2.48. The number of nitrogens with one attached hydrogen (secondary N) is 1. The predicted molar refractivity (Wildman–Crippen MR) is 95.1 cm³/mol. The average Bonchev–Trinajstić information content (AvgIpc) is 2.90. The van der Waals surface area contributed by atoms with Crippen LogP contribution in [0.3, 0.4) is 0 Å². The Morgan fingerprint density at radius 3 is 2.78 bits per heavy atom. The summed E-state index contributed by atoms with van der Waals surface area (Å²) in [6.45, 7) is 3.62. The monoisotopic (exact) mass is 393 g/mol. The SMILES string of the molecule is Cc1nc2n(c(=O)c1C)C(CC(=O)Nc1ccc(Br)cc1)CS2. The number of hydrogen-bond acceptors (Lipinski definition) is 4. The molecule has 0 saturated heterocycles. The predicted octanol–water partition coefficient (Wildman–Crippen LogP) is 3.30. The molecule has 7 heteroatoms. The molecule has 2 heterocycles. The van der Waals surface area contributed by atoms with Crippen molar-refractivity contribution in [2.75, 3.05) is 11.1 Å². The zero-order valence-electron chi connectivity index (χ0n) is 12.8. The molecular formula is C16H16BrN3O2S. The standard InChI is InChI=1S/C16H16BrN3O2S/c1-9-10(2)18-16-20(15(9)22)13(8-23-16)7-14(21)19-12-5-3-11(17)4-6-12/h3-6,13H,7-8H2,1-2H3,(H,19,21). The lowest BCUT2D eigenvalue weighted by Crippen LogP contribution is -2.29. The van der Waals surface area contributed by atoms with Crippen LogP contribution in [0.2, 0.25) is 0 Å². The van der Waals surface area contributed by atoms with Gasteiger partial charge in [0.1, 0.15) is 0 Å². The summed E-state index contributed by atoms with van der Waals surface area (Å²) in [5.41, 5.74) is 2.11. The first-order valence-corrected chi connectivity index (χ1v) is 9.01. The van der Waals surface area contributed by atoms with Crippen molar-refractivity contribution in [1.82, 2.24) is 9.55 Å². The minimum Gasteiger partial charge on any atom is -0.326 e. The first-order chi connectivity index (χ1) is 11.0. The van der Waals surface area contributed by atoms with Crippen molar-refractivity contribution in [3.05, 3.63) is 50.3 Å². The number of hydrogen-bond donors (Lipinski definition) is 1. The molecule has 0 saturated carbocycles. The van der Waals surface area contributed by atoms with Crippen molar-refractivity contribution in [1.29, 1.82) is 0 Å². The lowest BCUT2D eigenvalue weighted by Gasteiger charge is -2.14. The van der Waals surface area contributed by atoms with Gasteiger partial charge < -0.3 is 5.32 Å². The van der Waals surface area contributed by atoms with Crippen LogP contribution < -0.4 is 10.9 Å². The normalized spacial score (nSPS) is 16.2. The van der Waals surface area contributed by atoms with Crippen LogP contribution in [0.5, 0.6) is 0 Å². The lowest BCUT2D eigenvalue weighted by atomic mass is 10.2. The highest BCUT2D eigenvalue weighted by atomic mass is 79.9. The van der Waals surface area contributed by atoms with Crippen molar-refractivity contribution >= 4 is 39.3 Å². The molecule has 0 spiro atoms. The van der Waals surface area contributed by atoms with Crippen LogP contribution in [0.15, 0.2) is 38.7 Å². The minimum atomic E-state index is -0.148. The number of thioether (sulfide) groups is 1. The Balaban J connectivity index is 1.76. The van der Waals surface area contributed by atoms with Gasteiger partial charge in [0.25, 0.3) is 5.56 Å². The number of benzene rings is 1. The van der Waals surface area contributed by atoms with Crippen LogP contribution >= 0.6 is 27.7 Å². The molecule has 1 unspecified atom stereocenters. The molecule has 1 atom stereocenters. The van der Waals surface area contributed by atoms with E-state index < -0.39 is 0 Å². The smallest absolute Gasteiger partial charge is 0.257 e. The summed E-state index contributed by atoms with van der Waals surface area (Å²) in [5, 5.41) is 3.58. The summed E-state index contributed by atoms with van der Waals surface area (Å²) in [6, 6.07) is 7.26. The van der Waals surface area contributed by atoms with Crippen LogP contribution in [0, 0.1) is 13.8 Å². The second-order valence-electron chi connectivity index (χ2n) is 5.50. The quantitative estimate of drug-likeness (QED) is 0.812. The maximum atomic E-state index is 12.4. The van der Waals surface area contributed by atoms with E-state index in [2.05, 4.69) is 26.2 Å². The Labute approximate surface area is 146 Å². The summed E-state index contributed by atoms with van der Waals surface area (Å²) < 4.78 is 2.62. The molecule has 1 N–H and O–H groups in total. The summed E-state index contributed by atoms with van der Waals surface area (Å²) in [5.74, 6) is 0.592. The number of carbonyl (C=O) groups excluding carboxylic acids is 1. The maximum absolute atomic E-state index is 12.4. The molecule has 120 valence electrons. The van der Waals surface area contributed by atoms with Crippen molar-refractivity contribution in [3.63, 3.8) is 0 Å². The van der Waals surface area contributed by atoms with E-state index in [0.29, 0.717) is 16.5 Å². The highest BCUT2D eigenvalue weighted by molar-refractivity contribution is 9.10. The Bertz CT molecular complexity index is 817. The topological polar surface area (TPSA) is 64.0 Å². The second kappa shape index (κ2) is 6.49. The van der Waals surface area contributed by atoms with E-state index in [9.17, 15) is 9.59 Å². The molecule has 0 bridgehead atoms. The van der Waals surface area contributed by atoms with Gasteiger partial charge in [0.2, 0.25) is 5.91 Å². The zero-order chi connectivity index (χ0) is 16.6. The molecule has 2 aromatic rings. The van der Waals surface area contributed by atoms with Gasteiger partial charge in [0.15, 0.2) is 5.16 Å². The molecule has 1 amide bonds. The molecule has 0 aliphatic carbocycles. The number of carbonyl (C=O) groups is 1. The van der Waals surface area contributed by atoms with E-state index >= 15 is 0 Å². The number of rotatable bonds is 3. The number of aryl methyl sites for hydroxylation is 1. The molecule has 1 aliphatic rings. The number of aromatic nitrogens is 2. The molecule has 23 heavy (non-hydrogen) atoms.